The van der Waals surface area contributed by atoms with Crippen LogP contribution in [0.1, 0.15) is 35.8 Å². The Balaban J connectivity index is 2.23. The molecule has 1 fully saturated rings. The van der Waals surface area contributed by atoms with Crippen molar-refractivity contribution in [2.24, 2.45) is 13.0 Å². The summed E-state index contributed by atoms with van der Waals surface area (Å²) in [5.74, 6) is -1.81. The van der Waals surface area contributed by atoms with Crippen molar-refractivity contribution >= 4 is 12.0 Å². The molecule has 1 aromatic heterocycles. The average Bonchev–Trinajstić information content (AvgIpc) is 2.76. The van der Waals surface area contributed by atoms with Gasteiger partial charge in [0, 0.05) is 31.4 Å². The van der Waals surface area contributed by atoms with Gasteiger partial charge in [0.2, 0.25) is 0 Å². The van der Waals surface area contributed by atoms with Crippen LogP contribution in [-0.4, -0.2) is 51.1 Å². The fourth-order valence-electron chi connectivity index (χ4n) is 3.10. The maximum Gasteiger partial charge on any atom is 0.413 e. The Hall–Kier alpha value is -2.26. The molecule has 0 bridgehead atoms. The summed E-state index contributed by atoms with van der Waals surface area (Å²) < 4.78 is 42.0. The highest BCUT2D eigenvalue weighted by molar-refractivity contribution is 5.77. The molecule has 140 valence electrons. The van der Waals surface area contributed by atoms with Crippen molar-refractivity contribution < 1.29 is 27.9 Å². The van der Waals surface area contributed by atoms with Crippen molar-refractivity contribution in [3.63, 3.8) is 0 Å². The molecule has 25 heavy (non-hydrogen) atoms. The second-order valence-electron chi connectivity index (χ2n) is 6.26. The standard InChI is InChI=1S/C15H21F3N4O3/c1-8-11(9(2)21(3)20-8)12(15(16,17)18)19-14(25)22-6-4-5-10(7-22)13(23)24/h10,12H,4-7H2,1-3H3,(H,19,25)(H,23,24). The monoisotopic (exact) mass is 362 g/mol. The van der Waals surface area contributed by atoms with Crippen molar-refractivity contribution in [2.45, 2.75) is 38.9 Å². The van der Waals surface area contributed by atoms with E-state index in [0.29, 0.717) is 18.5 Å². The van der Waals surface area contributed by atoms with E-state index in [2.05, 4.69) is 5.10 Å². The summed E-state index contributed by atoms with van der Waals surface area (Å²) in [6, 6.07) is -3.12. The predicted octanol–water partition coefficient (Wildman–Crippen LogP) is 2.15. The van der Waals surface area contributed by atoms with Gasteiger partial charge < -0.3 is 15.3 Å². The van der Waals surface area contributed by atoms with Gasteiger partial charge in [-0.2, -0.15) is 18.3 Å². The molecule has 2 amide bonds. The molecular weight excluding hydrogens is 341 g/mol. The van der Waals surface area contributed by atoms with E-state index in [-0.39, 0.29) is 24.3 Å². The number of likely N-dealkylation sites (tertiary alicyclic amines) is 1. The smallest absolute Gasteiger partial charge is 0.413 e. The minimum Gasteiger partial charge on any atom is -0.481 e. The first kappa shape index (κ1) is 19.1. The Morgan fingerprint density at radius 1 is 1.36 bits per heavy atom. The van der Waals surface area contributed by atoms with Crippen LogP contribution in [0.15, 0.2) is 0 Å². The molecule has 2 unspecified atom stereocenters. The quantitative estimate of drug-likeness (QED) is 0.862. The van der Waals surface area contributed by atoms with Crippen LogP contribution in [-0.2, 0) is 11.8 Å². The second-order valence-corrected chi connectivity index (χ2v) is 6.26. The lowest BCUT2D eigenvalue weighted by molar-refractivity contribution is -0.156. The van der Waals surface area contributed by atoms with Gasteiger partial charge in [-0.15, -0.1) is 0 Å². The summed E-state index contributed by atoms with van der Waals surface area (Å²) in [7, 11) is 1.53. The van der Waals surface area contributed by atoms with E-state index in [0.717, 1.165) is 4.90 Å². The van der Waals surface area contributed by atoms with Crippen LogP contribution in [0.2, 0.25) is 0 Å². The molecule has 0 spiro atoms. The van der Waals surface area contributed by atoms with Crippen molar-refractivity contribution in [3.8, 4) is 0 Å². The number of carbonyl (C=O) groups excluding carboxylic acids is 1. The van der Waals surface area contributed by atoms with Gasteiger partial charge in [-0.1, -0.05) is 0 Å². The maximum atomic E-state index is 13.5. The Kier molecular flexibility index (Phi) is 5.28. The second kappa shape index (κ2) is 6.93. The average molecular weight is 362 g/mol. The number of hydrogen-bond acceptors (Lipinski definition) is 3. The third-order valence-corrected chi connectivity index (χ3v) is 4.51. The van der Waals surface area contributed by atoms with Crippen molar-refractivity contribution in [1.29, 1.82) is 0 Å². The molecule has 0 aliphatic carbocycles. The molecule has 2 N–H and O–H groups in total. The van der Waals surface area contributed by atoms with Crippen LogP contribution < -0.4 is 5.32 Å². The molecule has 0 aromatic carbocycles. The van der Waals surface area contributed by atoms with Gasteiger partial charge in [0.1, 0.15) is 0 Å². The number of nitrogens with zero attached hydrogens (tertiary/aromatic N) is 3. The van der Waals surface area contributed by atoms with Gasteiger partial charge in [-0.05, 0) is 26.7 Å². The Bertz CT molecular complexity index is 672. The number of urea groups is 1. The molecule has 1 aliphatic heterocycles. The number of aromatic nitrogens is 2. The molecule has 1 aliphatic rings. The number of carbonyl (C=O) groups is 2. The van der Waals surface area contributed by atoms with Crippen LogP contribution in [0.3, 0.4) is 0 Å². The summed E-state index contributed by atoms with van der Waals surface area (Å²) >= 11 is 0. The van der Waals surface area contributed by atoms with E-state index < -0.39 is 30.1 Å². The first-order chi connectivity index (χ1) is 11.5. The third-order valence-electron chi connectivity index (χ3n) is 4.51. The van der Waals surface area contributed by atoms with E-state index >= 15 is 0 Å². The zero-order valence-electron chi connectivity index (χ0n) is 14.2. The van der Waals surface area contributed by atoms with Crippen molar-refractivity contribution in [3.05, 3.63) is 17.0 Å². The molecule has 1 aromatic rings. The van der Waals surface area contributed by atoms with Gasteiger partial charge in [0.05, 0.1) is 11.6 Å². The van der Waals surface area contributed by atoms with Crippen molar-refractivity contribution in [2.75, 3.05) is 13.1 Å². The number of hydrogen-bond donors (Lipinski definition) is 2. The number of aryl methyl sites for hydroxylation is 2. The highest BCUT2D eigenvalue weighted by atomic mass is 19.4. The van der Waals surface area contributed by atoms with Gasteiger partial charge in [-0.25, -0.2) is 4.79 Å². The van der Waals surface area contributed by atoms with Crippen molar-refractivity contribution in [1.82, 2.24) is 20.0 Å². The predicted molar refractivity (Wildman–Crippen MR) is 81.9 cm³/mol. The Labute approximate surface area is 142 Å². The zero-order chi connectivity index (χ0) is 18.9. The number of carboxylic acids is 1. The first-order valence-corrected chi connectivity index (χ1v) is 7.87. The van der Waals surface area contributed by atoms with Gasteiger partial charge in [0.15, 0.2) is 6.04 Å². The van der Waals surface area contributed by atoms with Gasteiger partial charge in [0.25, 0.3) is 0 Å². The highest BCUT2D eigenvalue weighted by Crippen LogP contribution is 2.36. The summed E-state index contributed by atoms with van der Waals surface area (Å²) in [5, 5.41) is 15.0. The van der Waals surface area contributed by atoms with Crippen LogP contribution in [0, 0.1) is 19.8 Å². The highest BCUT2D eigenvalue weighted by Gasteiger charge is 2.45. The van der Waals surface area contributed by atoms with E-state index in [1.807, 2.05) is 5.32 Å². The van der Waals surface area contributed by atoms with Gasteiger partial charge >= 0.3 is 18.2 Å². The number of amides is 2. The van der Waals surface area contributed by atoms with Crippen LogP contribution >= 0.6 is 0 Å². The molecule has 0 radical (unpaired) electrons. The molecule has 0 saturated carbocycles. The fourth-order valence-corrected chi connectivity index (χ4v) is 3.10. The topological polar surface area (TPSA) is 87.5 Å². The number of rotatable bonds is 3. The molecule has 2 heterocycles. The lowest BCUT2D eigenvalue weighted by Gasteiger charge is -2.32. The Morgan fingerprint density at radius 2 is 2.00 bits per heavy atom. The van der Waals surface area contributed by atoms with Crippen LogP contribution in [0.5, 0.6) is 0 Å². The van der Waals surface area contributed by atoms with Gasteiger partial charge in [-0.3, -0.25) is 9.48 Å². The summed E-state index contributed by atoms with van der Waals surface area (Å²) in [6.07, 6.45) is -3.86. The van der Waals surface area contributed by atoms with Crippen LogP contribution in [0.4, 0.5) is 18.0 Å². The van der Waals surface area contributed by atoms with Crippen LogP contribution in [0.25, 0.3) is 0 Å². The largest absolute Gasteiger partial charge is 0.481 e. The minimum absolute atomic E-state index is 0.0878. The lowest BCUT2D eigenvalue weighted by atomic mass is 9.98. The van der Waals surface area contributed by atoms with E-state index in [4.69, 9.17) is 5.11 Å². The molecule has 7 nitrogen and oxygen atoms in total. The van der Waals surface area contributed by atoms with E-state index in [9.17, 15) is 22.8 Å². The SMILES string of the molecule is Cc1nn(C)c(C)c1C(NC(=O)N1CCCC(C(=O)O)C1)C(F)(F)F. The molecule has 2 rings (SSSR count). The molecule has 10 heteroatoms. The summed E-state index contributed by atoms with van der Waals surface area (Å²) in [6.45, 7) is 3.08. The third kappa shape index (κ3) is 4.05. The number of nitrogens with one attached hydrogen (secondary N) is 1. The minimum atomic E-state index is -4.70. The number of carboxylic acid groups (broad SMARTS) is 1. The normalized spacial score (nSPS) is 19.6. The van der Waals surface area contributed by atoms with E-state index in [1.54, 1.807) is 0 Å². The lowest BCUT2D eigenvalue weighted by Crippen LogP contribution is -2.50. The van der Waals surface area contributed by atoms with E-state index in [1.165, 1.54) is 25.6 Å². The number of aliphatic carboxylic acids is 1. The molecular formula is C15H21F3N4O3. The first-order valence-electron chi connectivity index (χ1n) is 7.87. The summed E-state index contributed by atoms with van der Waals surface area (Å²) in [5.41, 5.74) is 0.405. The molecule has 2 atom stereocenters. The number of piperidine rings is 1. The zero-order valence-corrected chi connectivity index (χ0v) is 14.2. The maximum absolute atomic E-state index is 13.5. The number of halogens is 3. The summed E-state index contributed by atoms with van der Waals surface area (Å²) in [4.78, 5) is 24.5. The number of alkyl halides is 3. The molecule has 1 saturated heterocycles. The Morgan fingerprint density at radius 3 is 2.48 bits per heavy atom. The fraction of sp³-hybridized carbons (Fsp3) is 0.667.